The molecular formula is C12H18O4Pb. The van der Waals surface area contributed by atoms with Gasteiger partial charge < -0.3 is 0 Å². The first-order valence-electron chi connectivity index (χ1n) is 5.22. The summed E-state index contributed by atoms with van der Waals surface area (Å²) < 4.78 is 10.00. The van der Waals surface area contributed by atoms with Crippen molar-refractivity contribution in [3.63, 3.8) is 0 Å². The Kier molecular flexibility index (Phi) is 7.33. The summed E-state index contributed by atoms with van der Waals surface area (Å²) in [4.78, 5) is 22.9. The fourth-order valence-electron chi connectivity index (χ4n) is 0.658. The number of carbonyl (C=O) groups excluding carboxylic acids is 2. The van der Waals surface area contributed by atoms with E-state index in [4.69, 9.17) is 5.37 Å². The topological polar surface area (TPSA) is 52.6 Å². The van der Waals surface area contributed by atoms with Crippen LogP contribution in [0.5, 0.6) is 0 Å². The predicted molar refractivity (Wildman–Crippen MR) is 66.0 cm³/mol. The molecule has 0 spiro atoms. The Hall–Kier alpha value is -0.658. The molecular weight excluding hydrogens is 415 g/mol. The molecule has 0 rings (SSSR count). The summed E-state index contributed by atoms with van der Waals surface area (Å²) in [5, 5.41) is 0. The molecule has 0 fully saturated rings. The van der Waals surface area contributed by atoms with E-state index in [1.54, 1.807) is 13.8 Å². The van der Waals surface area contributed by atoms with Gasteiger partial charge in [-0.1, -0.05) is 0 Å². The van der Waals surface area contributed by atoms with E-state index in [1.165, 1.54) is 0 Å². The first-order valence-corrected chi connectivity index (χ1v) is 8.40. The van der Waals surface area contributed by atoms with E-state index in [9.17, 15) is 9.59 Å². The van der Waals surface area contributed by atoms with Crippen LogP contribution in [-0.2, 0) is 15.0 Å². The van der Waals surface area contributed by atoms with Crippen molar-refractivity contribution >= 4 is 37.1 Å². The Labute approximate surface area is 116 Å². The van der Waals surface area contributed by atoms with Crippen molar-refractivity contribution in [3.8, 4) is 0 Å². The molecule has 0 aliphatic heterocycles. The molecule has 94 valence electrons. The van der Waals surface area contributed by atoms with E-state index in [-0.39, 0.29) is 11.9 Å². The zero-order valence-electron chi connectivity index (χ0n) is 11.1. The Morgan fingerprint density at radius 1 is 0.706 bits per heavy atom. The quantitative estimate of drug-likeness (QED) is 0.505. The van der Waals surface area contributed by atoms with E-state index < -0.39 is 25.1 Å². The summed E-state index contributed by atoms with van der Waals surface area (Å²) in [6.07, 6.45) is 0. The average molecular weight is 433 g/mol. The molecule has 5 heteroatoms. The predicted octanol–water partition coefficient (Wildman–Crippen LogP) is 2.32. The Balaban J connectivity index is 4.20. The Morgan fingerprint density at radius 3 is 1.24 bits per heavy atom. The molecule has 0 bridgehead atoms. The van der Waals surface area contributed by atoms with Crippen molar-refractivity contribution in [2.45, 2.75) is 41.5 Å². The minimum atomic E-state index is -2.10. The second-order valence-corrected chi connectivity index (χ2v) is 6.35. The third kappa shape index (κ3) is 6.00. The first kappa shape index (κ1) is 16.3. The van der Waals surface area contributed by atoms with Gasteiger partial charge in [-0.2, -0.15) is 0 Å². The van der Waals surface area contributed by atoms with Crippen molar-refractivity contribution in [1.29, 1.82) is 0 Å². The van der Waals surface area contributed by atoms with Crippen LogP contribution in [0.15, 0.2) is 22.3 Å². The van der Waals surface area contributed by atoms with Crippen LogP contribution in [0.3, 0.4) is 0 Å². The summed E-state index contributed by atoms with van der Waals surface area (Å²) in [5.74, 6) is -0.757. The molecule has 0 aliphatic carbocycles. The van der Waals surface area contributed by atoms with E-state index in [0.29, 0.717) is 11.1 Å². The molecule has 17 heavy (non-hydrogen) atoms. The van der Waals surface area contributed by atoms with E-state index in [1.807, 2.05) is 27.7 Å². The molecule has 0 saturated heterocycles. The fourth-order valence-corrected chi connectivity index (χ4v) is 2.60. The number of rotatable bonds is 4. The summed E-state index contributed by atoms with van der Waals surface area (Å²) in [5.41, 5.74) is 2.97. The van der Waals surface area contributed by atoms with Crippen LogP contribution in [0.4, 0.5) is 0 Å². The summed E-state index contributed by atoms with van der Waals surface area (Å²) in [6.45, 7) is 10.7. The normalized spacial score (nSPS) is 9.29. The Morgan fingerprint density at radius 2 is 1.00 bits per heavy atom. The zero-order valence-corrected chi connectivity index (χ0v) is 15.0. The van der Waals surface area contributed by atoms with Crippen LogP contribution in [0.1, 0.15) is 41.5 Å². The van der Waals surface area contributed by atoms with Crippen LogP contribution in [-0.4, -0.2) is 37.1 Å². The second-order valence-electron chi connectivity index (χ2n) is 4.11. The van der Waals surface area contributed by atoms with Gasteiger partial charge in [0, 0.05) is 0 Å². The number of carbonyl (C=O) groups is 2. The van der Waals surface area contributed by atoms with Gasteiger partial charge in [0.15, 0.2) is 0 Å². The van der Waals surface area contributed by atoms with Crippen molar-refractivity contribution in [1.82, 2.24) is 0 Å². The molecule has 0 aliphatic rings. The second kappa shape index (κ2) is 7.63. The zero-order chi connectivity index (χ0) is 13.6. The fraction of sp³-hybridized carbons (Fsp3) is 0.500. The van der Waals surface area contributed by atoms with E-state index >= 15 is 0 Å². The Bertz CT molecular complexity index is 336. The molecule has 0 saturated carbocycles. The summed E-state index contributed by atoms with van der Waals surface area (Å²) in [6, 6.07) is 0. The molecule has 0 unspecified atom stereocenters. The monoisotopic (exact) mass is 434 g/mol. The standard InChI is InChI=1S/2C6H10O2.Pb/c2*1-4(2)5(3)6(7)8;/h2*1-3H3,(H,7,8);/q;;+2/p-2. The molecule has 0 aromatic rings. The van der Waals surface area contributed by atoms with Gasteiger partial charge in [0.2, 0.25) is 0 Å². The van der Waals surface area contributed by atoms with Crippen LogP contribution >= 0.6 is 0 Å². The molecule has 0 N–H and O–H groups in total. The van der Waals surface area contributed by atoms with Crippen LogP contribution in [0.25, 0.3) is 0 Å². The SMILES string of the molecule is CC(C)=C(C)C(=O)[O][Pb][O]C(=O)C(C)=C(C)C. The third-order valence-corrected chi connectivity index (χ3v) is 4.47. The van der Waals surface area contributed by atoms with Crippen molar-refractivity contribution < 1.29 is 15.0 Å². The van der Waals surface area contributed by atoms with Gasteiger partial charge in [0.05, 0.1) is 0 Å². The average Bonchev–Trinajstić information content (AvgIpc) is 2.26. The first-order chi connectivity index (χ1) is 7.77. The molecule has 0 aromatic heterocycles. The van der Waals surface area contributed by atoms with Crippen molar-refractivity contribution in [2.24, 2.45) is 0 Å². The number of hydrogen-bond donors (Lipinski definition) is 0. The third-order valence-electron chi connectivity index (χ3n) is 2.38. The molecule has 4 nitrogen and oxygen atoms in total. The van der Waals surface area contributed by atoms with Gasteiger partial charge in [-0.25, -0.2) is 0 Å². The van der Waals surface area contributed by atoms with Crippen LogP contribution in [0, 0.1) is 0 Å². The molecule has 0 atom stereocenters. The maximum atomic E-state index is 11.4. The van der Waals surface area contributed by atoms with Gasteiger partial charge >= 0.3 is 116 Å². The molecule has 0 amide bonds. The van der Waals surface area contributed by atoms with Crippen LogP contribution in [0.2, 0.25) is 0 Å². The molecule has 0 aromatic carbocycles. The number of allylic oxidation sites excluding steroid dienone is 2. The van der Waals surface area contributed by atoms with Gasteiger partial charge in [0.1, 0.15) is 0 Å². The van der Waals surface area contributed by atoms with Crippen LogP contribution < -0.4 is 0 Å². The summed E-state index contributed by atoms with van der Waals surface area (Å²) >= 11 is -2.10. The minimum absolute atomic E-state index is 0.379. The van der Waals surface area contributed by atoms with Gasteiger partial charge in [-0.3, -0.25) is 0 Å². The van der Waals surface area contributed by atoms with Crippen molar-refractivity contribution in [3.05, 3.63) is 22.3 Å². The van der Waals surface area contributed by atoms with Gasteiger partial charge in [-0.15, -0.1) is 0 Å². The molecule has 2 radical (unpaired) electrons. The maximum absolute atomic E-state index is 11.4. The van der Waals surface area contributed by atoms with Gasteiger partial charge in [0.25, 0.3) is 0 Å². The van der Waals surface area contributed by atoms with Crippen molar-refractivity contribution in [2.75, 3.05) is 0 Å². The van der Waals surface area contributed by atoms with Gasteiger partial charge in [-0.05, 0) is 0 Å². The van der Waals surface area contributed by atoms with E-state index in [0.717, 1.165) is 11.1 Å². The summed E-state index contributed by atoms with van der Waals surface area (Å²) in [7, 11) is 0. The van der Waals surface area contributed by atoms with E-state index in [2.05, 4.69) is 0 Å². The number of hydrogen-bond acceptors (Lipinski definition) is 4. The molecule has 0 heterocycles.